The standard InChI is InChI=1S/C14H21NOS/c16-14(13-6-4-10-17-13)7-3-5-12(14)11-15-8-1-2-9-15/h4,6,10,12,16H,1-3,5,7-9,11H2. The molecule has 1 saturated carbocycles. The molecule has 1 N–H and O–H groups in total. The van der Waals surface area contributed by atoms with Crippen molar-refractivity contribution in [2.24, 2.45) is 5.92 Å². The zero-order chi connectivity index (χ0) is 11.7. The average molecular weight is 251 g/mol. The molecule has 2 nitrogen and oxygen atoms in total. The monoisotopic (exact) mass is 251 g/mol. The van der Waals surface area contributed by atoms with Crippen molar-refractivity contribution in [2.45, 2.75) is 37.7 Å². The fourth-order valence-electron chi connectivity index (χ4n) is 3.43. The van der Waals surface area contributed by atoms with Crippen LogP contribution in [0.1, 0.15) is 37.0 Å². The molecule has 0 aromatic carbocycles. The average Bonchev–Trinajstić information content (AvgIpc) is 3.03. The molecular formula is C14H21NOS. The fraction of sp³-hybridized carbons (Fsp3) is 0.714. The van der Waals surface area contributed by atoms with E-state index in [1.165, 1.54) is 43.6 Å². The molecule has 94 valence electrons. The summed E-state index contributed by atoms with van der Waals surface area (Å²) in [5.74, 6) is 0.444. The third-order valence-corrected chi connectivity index (χ3v) is 5.45. The highest BCUT2D eigenvalue weighted by Gasteiger charge is 2.43. The Morgan fingerprint density at radius 3 is 2.88 bits per heavy atom. The second kappa shape index (κ2) is 4.71. The summed E-state index contributed by atoms with van der Waals surface area (Å²) in [6.07, 6.45) is 5.98. The molecular weight excluding hydrogens is 230 g/mol. The Morgan fingerprint density at radius 2 is 2.18 bits per heavy atom. The molecule has 1 saturated heterocycles. The summed E-state index contributed by atoms with van der Waals surface area (Å²) in [5.41, 5.74) is -0.531. The Kier molecular flexibility index (Phi) is 3.24. The van der Waals surface area contributed by atoms with Gasteiger partial charge in [-0.1, -0.05) is 6.07 Å². The number of aliphatic hydroxyl groups is 1. The minimum Gasteiger partial charge on any atom is -0.384 e. The van der Waals surface area contributed by atoms with Gasteiger partial charge in [-0.15, -0.1) is 11.3 Å². The zero-order valence-corrected chi connectivity index (χ0v) is 11.1. The van der Waals surface area contributed by atoms with E-state index in [1.54, 1.807) is 11.3 Å². The van der Waals surface area contributed by atoms with E-state index in [4.69, 9.17) is 0 Å². The van der Waals surface area contributed by atoms with E-state index in [9.17, 15) is 5.11 Å². The number of hydrogen-bond donors (Lipinski definition) is 1. The largest absolute Gasteiger partial charge is 0.384 e. The molecule has 2 unspecified atom stereocenters. The lowest BCUT2D eigenvalue weighted by Crippen LogP contribution is -2.37. The van der Waals surface area contributed by atoms with Gasteiger partial charge in [-0.3, -0.25) is 0 Å². The van der Waals surface area contributed by atoms with E-state index in [0.717, 1.165) is 13.0 Å². The van der Waals surface area contributed by atoms with Crippen LogP contribution in [0.5, 0.6) is 0 Å². The molecule has 2 atom stereocenters. The predicted molar refractivity (Wildman–Crippen MR) is 71.2 cm³/mol. The maximum atomic E-state index is 11.0. The lowest BCUT2D eigenvalue weighted by atomic mass is 9.89. The minimum absolute atomic E-state index is 0.444. The summed E-state index contributed by atoms with van der Waals surface area (Å²) in [5, 5.41) is 13.0. The van der Waals surface area contributed by atoms with Crippen molar-refractivity contribution >= 4 is 11.3 Å². The van der Waals surface area contributed by atoms with Crippen LogP contribution in [0.4, 0.5) is 0 Å². The lowest BCUT2D eigenvalue weighted by molar-refractivity contribution is -0.0102. The predicted octanol–water partition coefficient (Wildman–Crippen LogP) is 2.83. The van der Waals surface area contributed by atoms with Crippen LogP contribution in [0.3, 0.4) is 0 Å². The van der Waals surface area contributed by atoms with Crippen molar-refractivity contribution in [3.8, 4) is 0 Å². The first-order valence-electron chi connectivity index (χ1n) is 6.78. The maximum absolute atomic E-state index is 11.0. The van der Waals surface area contributed by atoms with Gasteiger partial charge in [0.2, 0.25) is 0 Å². The van der Waals surface area contributed by atoms with Crippen LogP contribution in [0.25, 0.3) is 0 Å². The Bertz CT molecular complexity index is 358. The summed E-state index contributed by atoms with van der Waals surface area (Å²) >= 11 is 1.71. The molecule has 3 rings (SSSR count). The van der Waals surface area contributed by atoms with E-state index in [-0.39, 0.29) is 0 Å². The first-order chi connectivity index (χ1) is 8.29. The molecule has 1 aromatic heterocycles. The van der Waals surface area contributed by atoms with Crippen molar-refractivity contribution in [3.05, 3.63) is 22.4 Å². The van der Waals surface area contributed by atoms with Gasteiger partial charge in [0.25, 0.3) is 0 Å². The van der Waals surface area contributed by atoms with Crippen LogP contribution in [0.2, 0.25) is 0 Å². The quantitative estimate of drug-likeness (QED) is 0.893. The van der Waals surface area contributed by atoms with E-state index >= 15 is 0 Å². The zero-order valence-electron chi connectivity index (χ0n) is 10.3. The summed E-state index contributed by atoms with van der Waals surface area (Å²) in [7, 11) is 0. The van der Waals surface area contributed by atoms with E-state index in [0.29, 0.717) is 5.92 Å². The van der Waals surface area contributed by atoms with Crippen LogP contribution in [0.15, 0.2) is 17.5 Å². The normalized spacial score (nSPS) is 34.5. The van der Waals surface area contributed by atoms with Crippen molar-refractivity contribution in [2.75, 3.05) is 19.6 Å². The molecule has 0 amide bonds. The summed E-state index contributed by atoms with van der Waals surface area (Å²) < 4.78 is 0. The van der Waals surface area contributed by atoms with Crippen molar-refractivity contribution in [1.29, 1.82) is 0 Å². The first kappa shape index (κ1) is 11.7. The minimum atomic E-state index is -0.531. The van der Waals surface area contributed by atoms with Gasteiger partial charge in [-0.25, -0.2) is 0 Å². The van der Waals surface area contributed by atoms with E-state index in [1.807, 2.05) is 0 Å². The SMILES string of the molecule is OC1(c2cccs2)CCCC1CN1CCCC1. The molecule has 17 heavy (non-hydrogen) atoms. The Hall–Kier alpha value is -0.380. The topological polar surface area (TPSA) is 23.5 Å². The lowest BCUT2D eigenvalue weighted by Gasteiger charge is -2.32. The second-order valence-corrected chi connectivity index (χ2v) is 6.45. The van der Waals surface area contributed by atoms with Crippen LogP contribution in [-0.4, -0.2) is 29.6 Å². The number of nitrogens with zero attached hydrogens (tertiary/aromatic N) is 1. The van der Waals surface area contributed by atoms with Crippen molar-refractivity contribution in [1.82, 2.24) is 4.90 Å². The molecule has 0 spiro atoms. The molecule has 1 aliphatic carbocycles. The maximum Gasteiger partial charge on any atom is 0.103 e. The van der Waals surface area contributed by atoms with Gasteiger partial charge < -0.3 is 10.0 Å². The van der Waals surface area contributed by atoms with E-state index < -0.39 is 5.60 Å². The summed E-state index contributed by atoms with van der Waals surface area (Å²) in [4.78, 5) is 3.72. The number of hydrogen-bond acceptors (Lipinski definition) is 3. The first-order valence-corrected chi connectivity index (χ1v) is 7.66. The molecule has 3 heteroatoms. The van der Waals surface area contributed by atoms with Crippen molar-refractivity contribution in [3.63, 3.8) is 0 Å². The van der Waals surface area contributed by atoms with Gasteiger partial charge in [0, 0.05) is 17.3 Å². The molecule has 0 bridgehead atoms. The number of rotatable bonds is 3. The Labute approximate surface area is 107 Å². The summed E-state index contributed by atoms with van der Waals surface area (Å²) in [6.45, 7) is 3.56. The van der Waals surface area contributed by atoms with Gasteiger partial charge in [0.05, 0.1) is 0 Å². The van der Waals surface area contributed by atoms with Crippen molar-refractivity contribution < 1.29 is 5.11 Å². The highest BCUT2D eigenvalue weighted by atomic mass is 32.1. The third kappa shape index (κ3) is 2.16. The molecule has 1 aromatic rings. The van der Waals surface area contributed by atoms with Gasteiger partial charge in [-0.2, -0.15) is 0 Å². The summed E-state index contributed by atoms with van der Waals surface area (Å²) in [6, 6.07) is 4.16. The highest BCUT2D eigenvalue weighted by molar-refractivity contribution is 7.10. The number of likely N-dealkylation sites (tertiary alicyclic amines) is 1. The van der Waals surface area contributed by atoms with Crippen LogP contribution >= 0.6 is 11.3 Å². The Balaban J connectivity index is 1.74. The van der Waals surface area contributed by atoms with Crippen LogP contribution in [-0.2, 0) is 5.60 Å². The molecule has 0 radical (unpaired) electrons. The highest BCUT2D eigenvalue weighted by Crippen LogP contribution is 2.45. The fourth-order valence-corrected chi connectivity index (χ4v) is 4.36. The van der Waals surface area contributed by atoms with Crippen LogP contribution in [0, 0.1) is 5.92 Å². The van der Waals surface area contributed by atoms with E-state index in [2.05, 4.69) is 22.4 Å². The number of thiophene rings is 1. The van der Waals surface area contributed by atoms with Gasteiger partial charge in [0.15, 0.2) is 0 Å². The van der Waals surface area contributed by atoms with Crippen LogP contribution < -0.4 is 0 Å². The molecule has 2 aliphatic rings. The second-order valence-electron chi connectivity index (χ2n) is 5.50. The smallest absolute Gasteiger partial charge is 0.103 e. The molecule has 2 heterocycles. The molecule has 2 fully saturated rings. The molecule has 1 aliphatic heterocycles. The third-order valence-electron chi connectivity index (χ3n) is 4.41. The van der Waals surface area contributed by atoms with Gasteiger partial charge >= 0.3 is 0 Å². The van der Waals surface area contributed by atoms with Gasteiger partial charge in [0.1, 0.15) is 5.60 Å². The van der Waals surface area contributed by atoms with Gasteiger partial charge in [-0.05, 0) is 56.6 Å². The Morgan fingerprint density at radius 1 is 1.35 bits per heavy atom.